The highest BCUT2D eigenvalue weighted by molar-refractivity contribution is 5.98. The number of amides is 1. The van der Waals surface area contributed by atoms with E-state index in [1.54, 1.807) is 0 Å². The normalized spacial score (nSPS) is 20.6. The monoisotopic (exact) mass is 315 g/mol. The number of hydrogen-bond acceptors (Lipinski definition) is 3. The summed E-state index contributed by atoms with van der Waals surface area (Å²) < 4.78 is 11.4. The van der Waals surface area contributed by atoms with Crippen molar-refractivity contribution < 1.29 is 13.9 Å². The number of fused-ring (bicyclic) bond motifs is 1. The third-order valence-corrected chi connectivity index (χ3v) is 4.60. The summed E-state index contributed by atoms with van der Waals surface area (Å²) in [5.41, 5.74) is 1.39. The summed E-state index contributed by atoms with van der Waals surface area (Å²) in [7, 11) is 0. The highest BCUT2D eigenvalue weighted by atomic mass is 16.5. The van der Waals surface area contributed by atoms with Crippen LogP contribution in [0, 0.1) is 6.92 Å². The van der Waals surface area contributed by atoms with Gasteiger partial charge in [0.2, 0.25) is 0 Å². The van der Waals surface area contributed by atoms with Crippen molar-refractivity contribution in [3.8, 4) is 0 Å². The molecule has 2 heterocycles. The number of benzene rings is 1. The van der Waals surface area contributed by atoms with Crippen LogP contribution in [-0.4, -0.2) is 35.6 Å². The Balaban J connectivity index is 1.85. The average Bonchev–Trinajstić information content (AvgIpc) is 2.86. The van der Waals surface area contributed by atoms with E-state index in [9.17, 15) is 4.79 Å². The molecule has 1 aromatic heterocycles. The molecule has 0 aliphatic carbocycles. The van der Waals surface area contributed by atoms with Gasteiger partial charge in [-0.05, 0) is 64.8 Å². The molecule has 0 radical (unpaired) electrons. The van der Waals surface area contributed by atoms with Crippen LogP contribution in [0.4, 0.5) is 0 Å². The summed E-state index contributed by atoms with van der Waals surface area (Å²) in [6.07, 6.45) is 1.77. The predicted molar refractivity (Wildman–Crippen MR) is 90.7 cm³/mol. The Morgan fingerprint density at radius 1 is 1.35 bits per heavy atom. The first-order valence-corrected chi connectivity index (χ1v) is 8.35. The van der Waals surface area contributed by atoms with Gasteiger partial charge in [0.25, 0.3) is 5.91 Å². The Kier molecular flexibility index (Phi) is 4.19. The second-order valence-electron chi connectivity index (χ2n) is 6.96. The van der Waals surface area contributed by atoms with Crippen molar-refractivity contribution in [2.24, 2.45) is 0 Å². The van der Waals surface area contributed by atoms with Gasteiger partial charge in [-0.2, -0.15) is 0 Å². The van der Waals surface area contributed by atoms with Gasteiger partial charge in [-0.1, -0.05) is 0 Å². The van der Waals surface area contributed by atoms with E-state index < -0.39 is 0 Å². The fraction of sp³-hybridized carbons (Fsp3) is 0.526. The van der Waals surface area contributed by atoms with Crippen LogP contribution in [0.25, 0.3) is 11.0 Å². The van der Waals surface area contributed by atoms with Crippen LogP contribution in [0.15, 0.2) is 28.7 Å². The van der Waals surface area contributed by atoms with E-state index in [1.165, 1.54) is 0 Å². The molecule has 0 unspecified atom stereocenters. The quantitative estimate of drug-likeness (QED) is 0.854. The number of furan rings is 1. The molecule has 1 aliphatic rings. The van der Waals surface area contributed by atoms with Crippen molar-refractivity contribution >= 4 is 16.9 Å². The fourth-order valence-electron chi connectivity index (χ4n) is 3.51. The molecule has 2 aromatic rings. The van der Waals surface area contributed by atoms with Gasteiger partial charge in [0.1, 0.15) is 11.3 Å². The van der Waals surface area contributed by atoms with Crippen molar-refractivity contribution in [2.45, 2.75) is 52.2 Å². The minimum atomic E-state index is -0.164. The first-order chi connectivity index (χ1) is 10.9. The third kappa shape index (κ3) is 3.27. The molecule has 1 saturated heterocycles. The molecule has 0 spiro atoms. The maximum absolute atomic E-state index is 13.0. The van der Waals surface area contributed by atoms with Crippen LogP contribution >= 0.6 is 0 Å². The van der Waals surface area contributed by atoms with Gasteiger partial charge in [-0.25, -0.2) is 0 Å². The summed E-state index contributed by atoms with van der Waals surface area (Å²) in [4.78, 5) is 15.0. The number of carbonyl (C=O) groups is 1. The summed E-state index contributed by atoms with van der Waals surface area (Å²) in [6.45, 7) is 9.57. The van der Waals surface area contributed by atoms with Crippen LogP contribution in [0.2, 0.25) is 0 Å². The van der Waals surface area contributed by atoms with E-state index in [-0.39, 0.29) is 17.6 Å². The van der Waals surface area contributed by atoms with Crippen molar-refractivity contribution in [3.05, 3.63) is 35.6 Å². The highest BCUT2D eigenvalue weighted by Crippen LogP contribution is 2.29. The molecule has 1 aliphatic heterocycles. The first kappa shape index (κ1) is 16.1. The first-order valence-electron chi connectivity index (χ1n) is 8.35. The molecule has 0 bridgehead atoms. The molecule has 1 atom stereocenters. The zero-order valence-electron chi connectivity index (χ0n) is 14.4. The lowest BCUT2D eigenvalue weighted by atomic mass is 9.92. The Hall–Kier alpha value is -1.81. The zero-order chi connectivity index (χ0) is 16.6. The fourth-order valence-corrected chi connectivity index (χ4v) is 3.51. The second kappa shape index (κ2) is 6.00. The van der Waals surface area contributed by atoms with E-state index in [4.69, 9.17) is 9.15 Å². The van der Waals surface area contributed by atoms with Crippen molar-refractivity contribution in [1.29, 1.82) is 0 Å². The molecule has 0 N–H and O–H groups in total. The van der Waals surface area contributed by atoms with Crippen LogP contribution in [-0.2, 0) is 4.74 Å². The van der Waals surface area contributed by atoms with Crippen LogP contribution in [0.5, 0.6) is 0 Å². The van der Waals surface area contributed by atoms with Gasteiger partial charge >= 0.3 is 0 Å². The smallest absolute Gasteiger partial charge is 0.254 e. The molecule has 4 heteroatoms. The van der Waals surface area contributed by atoms with E-state index in [0.29, 0.717) is 13.2 Å². The topological polar surface area (TPSA) is 42.7 Å². The van der Waals surface area contributed by atoms with E-state index in [0.717, 1.165) is 35.1 Å². The molecule has 1 amide bonds. The molecule has 1 aromatic carbocycles. The maximum Gasteiger partial charge on any atom is 0.254 e. The molecule has 124 valence electrons. The molecule has 4 nitrogen and oxygen atoms in total. The molecular weight excluding hydrogens is 290 g/mol. The Bertz CT molecular complexity index is 716. The number of aryl methyl sites for hydroxylation is 1. The van der Waals surface area contributed by atoms with Crippen LogP contribution < -0.4 is 0 Å². The second-order valence-corrected chi connectivity index (χ2v) is 6.96. The number of carbonyl (C=O) groups excluding carboxylic acids is 1. The molecular formula is C19H25NO3. The molecule has 0 saturated carbocycles. The van der Waals surface area contributed by atoms with Gasteiger partial charge in [0.05, 0.1) is 5.60 Å². The van der Waals surface area contributed by atoms with Crippen LogP contribution in [0.1, 0.15) is 49.7 Å². The predicted octanol–water partition coefficient (Wildman–Crippen LogP) is 4.16. The third-order valence-electron chi connectivity index (χ3n) is 4.60. The van der Waals surface area contributed by atoms with Gasteiger partial charge in [0.15, 0.2) is 0 Å². The highest BCUT2D eigenvalue weighted by Gasteiger charge is 2.34. The summed E-state index contributed by atoms with van der Waals surface area (Å²) in [6, 6.07) is 7.89. The lowest BCUT2D eigenvalue weighted by Crippen LogP contribution is -2.48. The Labute approximate surface area is 137 Å². The molecule has 1 fully saturated rings. The number of rotatable bonds is 3. The lowest BCUT2D eigenvalue weighted by molar-refractivity contribution is -0.0777. The average molecular weight is 315 g/mol. The molecule has 23 heavy (non-hydrogen) atoms. The van der Waals surface area contributed by atoms with E-state index in [2.05, 4.69) is 13.8 Å². The van der Waals surface area contributed by atoms with E-state index in [1.807, 2.05) is 43.0 Å². The standard InChI is InChI=1S/C19H25NO3/c1-5-20(16-8-9-22-19(3,4)12-16)18(21)14-6-7-17-15(11-14)10-13(2)23-17/h6-7,10-11,16H,5,8-9,12H2,1-4H3/t16-/m1/s1. The SMILES string of the molecule is CCN(C(=O)c1ccc2oc(C)cc2c1)[C@@H]1CCOC(C)(C)C1. The van der Waals surface area contributed by atoms with Crippen LogP contribution in [0.3, 0.4) is 0 Å². The summed E-state index contributed by atoms with van der Waals surface area (Å²) in [5.74, 6) is 0.957. The van der Waals surface area contributed by atoms with Gasteiger partial charge in [-0.15, -0.1) is 0 Å². The Morgan fingerprint density at radius 3 is 2.83 bits per heavy atom. The number of hydrogen-bond donors (Lipinski definition) is 0. The maximum atomic E-state index is 13.0. The van der Waals surface area contributed by atoms with Crippen molar-refractivity contribution in [1.82, 2.24) is 4.90 Å². The number of nitrogens with zero attached hydrogens (tertiary/aromatic N) is 1. The van der Waals surface area contributed by atoms with E-state index >= 15 is 0 Å². The lowest BCUT2D eigenvalue weighted by Gasteiger charge is -2.41. The minimum Gasteiger partial charge on any atom is -0.461 e. The van der Waals surface area contributed by atoms with Crippen molar-refractivity contribution in [2.75, 3.05) is 13.2 Å². The Morgan fingerprint density at radius 2 is 2.13 bits per heavy atom. The zero-order valence-corrected chi connectivity index (χ0v) is 14.4. The van der Waals surface area contributed by atoms with Gasteiger partial charge in [-0.3, -0.25) is 4.79 Å². The van der Waals surface area contributed by atoms with Gasteiger partial charge in [0, 0.05) is 30.1 Å². The summed E-state index contributed by atoms with van der Waals surface area (Å²) >= 11 is 0. The minimum absolute atomic E-state index is 0.0935. The number of ether oxygens (including phenoxy) is 1. The van der Waals surface area contributed by atoms with Gasteiger partial charge < -0.3 is 14.1 Å². The summed E-state index contributed by atoms with van der Waals surface area (Å²) in [5, 5.41) is 0.983. The van der Waals surface area contributed by atoms with Crippen molar-refractivity contribution in [3.63, 3.8) is 0 Å². The largest absolute Gasteiger partial charge is 0.461 e. The molecule has 3 rings (SSSR count).